The summed E-state index contributed by atoms with van der Waals surface area (Å²) in [7, 11) is 0. The van der Waals surface area contributed by atoms with Crippen LogP contribution in [0.25, 0.3) is 256 Å². The third-order valence-corrected chi connectivity index (χ3v) is 27.6. The molecule has 0 bridgehead atoms. The van der Waals surface area contributed by atoms with Gasteiger partial charge in [0.05, 0.1) is 23.3 Å². The van der Waals surface area contributed by atoms with E-state index < -0.39 is 0 Å². The number of aromatic nitrogens is 9. The van der Waals surface area contributed by atoms with Crippen molar-refractivity contribution >= 4 is 64.6 Å². The highest BCUT2D eigenvalue weighted by molar-refractivity contribution is 6.15. The summed E-state index contributed by atoms with van der Waals surface area (Å²) >= 11 is 0. The molecule has 0 unspecified atom stereocenters. The lowest BCUT2D eigenvalue weighted by Crippen LogP contribution is -2.00. The lowest BCUT2D eigenvalue weighted by molar-refractivity contribution is 1.07. The second-order valence-electron chi connectivity index (χ2n) is 36.6. The molecular weight excluding hydrogens is 1820 g/mol. The molecule has 0 fully saturated rings. The second kappa shape index (κ2) is 41.3. The molecule has 0 spiro atoms. The van der Waals surface area contributed by atoms with Crippen LogP contribution < -0.4 is 0 Å². The molecule has 0 atom stereocenters. The van der Waals surface area contributed by atoms with E-state index >= 15 is 0 Å². The first kappa shape index (κ1) is 91.7. The molecule has 0 amide bonds. The van der Waals surface area contributed by atoms with Crippen LogP contribution in [-0.2, 0) is 0 Å². The molecule has 26 aromatic rings. The van der Waals surface area contributed by atoms with Gasteiger partial charge >= 0.3 is 0 Å². The minimum absolute atomic E-state index is 0.621. The van der Waals surface area contributed by atoms with Gasteiger partial charge in [-0.15, -0.1) is 6.42 Å². The normalized spacial score (nSPS) is 11.0. The van der Waals surface area contributed by atoms with E-state index in [4.69, 9.17) is 51.3 Å². The SMILES string of the molecule is C#Cc1ccc(-c2ccc(-c3ccc4ccccc4c3-c3ccc(-c4nc(-c5ccccc5)nc(-c5ccccc5)n4)cc3)c3ccccc23)cc1.N#Cc1cccc(-c2ccc(-c3ccc4ccccc4c3-c3ccc(-c4nc(-c5ccccc5)nc(-c5ccccc5)n4)cc3)c3ccccc23)c1.N#Cc1cccc2c(-c3ccc4ccccc4c3-c3ccc(-c4nc(-c5ccccc5)nc(-c5ccccc5)n4)cc3)cccc12. The summed E-state index contributed by atoms with van der Waals surface area (Å²) in [4.78, 5) is 44.2. The van der Waals surface area contributed by atoms with Gasteiger partial charge in [0.2, 0.25) is 0 Å². The highest BCUT2D eigenvalue weighted by Crippen LogP contribution is 2.49. The zero-order chi connectivity index (χ0) is 101. The Morgan fingerprint density at radius 1 is 0.147 bits per heavy atom. The highest BCUT2D eigenvalue weighted by Gasteiger charge is 2.25. The Balaban J connectivity index is 0.000000120. The minimum Gasteiger partial charge on any atom is -0.208 e. The summed E-state index contributed by atoms with van der Waals surface area (Å²) in [5, 5.41) is 33.2. The molecule has 11 heteroatoms. The first-order valence-electron chi connectivity index (χ1n) is 49.8. The average molecular weight is 1910 g/mol. The number of hydrogen-bond donors (Lipinski definition) is 0. The van der Waals surface area contributed by atoms with Gasteiger partial charge in [0.25, 0.3) is 0 Å². The fraction of sp³-hybridized carbons (Fsp3) is 0. The van der Waals surface area contributed by atoms with Gasteiger partial charge in [0.1, 0.15) is 0 Å². The molecule has 0 N–H and O–H groups in total. The maximum absolute atomic E-state index is 9.79. The first-order chi connectivity index (χ1) is 74.2. The summed E-state index contributed by atoms with van der Waals surface area (Å²) < 4.78 is 0. The van der Waals surface area contributed by atoms with Crippen molar-refractivity contribution in [2.24, 2.45) is 0 Å². The fourth-order valence-electron chi connectivity index (χ4n) is 20.3. The number of rotatable bonds is 17. The first-order valence-corrected chi connectivity index (χ1v) is 49.8. The minimum atomic E-state index is 0.621. The lowest BCUT2D eigenvalue weighted by atomic mass is 9.86. The Bertz CT molecular complexity index is 9570. The Morgan fingerprint density at radius 2 is 0.373 bits per heavy atom. The quantitative estimate of drug-likeness (QED) is 0.0797. The number of benzene rings is 23. The van der Waals surface area contributed by atoms with Crippen molar-refractivity contribution in [3.05, 3.63) is 538 Å². The van der Waals surface area contributed by atoms with Crippen LogP contribution in [0.3, 0.4) is 0 Å². The molecule has 0 aliphatic rings. The Kier molecular flexibility index (Phi) is 25.2. The van der Waals surface area contributed by atoms with E-state index in [2.05, 4.69) is 303 Å². The summed E-state index contributed by atoms with van der Waals surface area (Å²) in [6.45, 7) is 0. The van der Waals surface area contributed by atoms with E-state index in [-0.39, 0.29) is 0 Å². The average Bonchev–Trinajstić information content (AvgIpc) is 0.752. The molecule has 150 heavy (non-hydrogen) atoms. The summed E-state index contributed by atoms with van der Waals surface area (Å²) in [5.74, 6) is 8.45. The van der Waals surface area contributed by atoms with Gasteiger partial charge in [0, 0.05) is 61.0 Å². The Hall–Kier alpha value is -20.8. The number of nitriles is 2. The van der Waals surface area contributed by atoms with Crippen molar-refractivity contribution in [2.75, 3.05) is 0 Å². The number of terminal acetylenes is 1. The molecule has 26 rings (SSSR count). The van der Waals surface area contributed by atoms with Gasteiger partial charge < -0.3 is 0 Å². The summed E-state index contributed by atoms with van der Waals surface area (Å²) in [5.41, 5.74) is 28.7. The number of hydrogen-bond acceptors (Lipinski definition) is 11. The predicted octanol–water partition coefficient (Wildman–Crippen LogP) is 34.6. The maximum Gasteiger partial charge on any atom is 0.164 e. The van der Waals surface area contributed by atoms with E-state index in [1.807, 2.05) is 237 Å². The van der Waals surface area contributed by atoms with Crippen LogP contribution in [-0.4, -0.2) is 44.9 Å². The van der Waals surface area contributed by atoms with Gasteiger partial charge in [-0.25, -0.2) is 44.9 Å². The van der Waals surface area contributed by atoms with Crippen molar-refractivity contribution in [3.63, 3.8) is 0 Å². The van der Waals surface area contributed by atoms with Crippen molar-refractivity contribution < 1.29 is 0 Å². The number of fused-ring (bicyclic) bond motifs is 6. The van der Waals surface area contributed by atoms with Crippen molar-refractivity contribution in [1.29, 1.82) is 10.5 Å². The van der Waals surface area contributed by atoms with Crippen molar-refractivity contribution in [2.45, 2.75) is 0 Å². The van der Waals surface area contributed by atoms with Crippen LogP contribution >= 0.6 is 0 Å². The van der Waals surface area contributed by atoms with E-state index in [9.17, 15) is 10.5 Å². The smallest absolute Gasteiger partial charge is 0.164 e. The largest absolute Gasteiger partial charge is 0.208 e. The molecular formula is C139H87N11. The second-order valence-corrected chi connectivity index (χ2v) is 36.6. The van der Waals surface area contributed by atoms with Crippen LogP contribution in [0.4, 0.5) is 0 Å². The monoisotopic (exact) mass is 1910 g/mol. The molecule has 23 aromatic carbocycles. The van der Waals surface area contributed by atoms with Gasteiger partial charge in [-0.05, 0) is 179 Å². The molecule has 0 saturated carbocycles. The molecule has 0 radical (unpaired) electrons. The molecule has 0 aliphatic carbocycles. The topological polar surface area (TPSA) is 164 Å². The molecule has 0 saturated heterocycles. The summed E-state index contributed by atoms with van der Waals surface area (Å²) in [6, 6.07) is 184. The van der Waals surface area contributed by atoms with Crippen molar-refractivity contribution in [3.8, 4) is 216 Å². The standard InChI is InChI=1S/C49H31N3.C48H30N4.C42H26N4/c1-2-33-21-23-35(24-22-33)40-31-32-44(43-20-12-11-19-42(40)43)45-30-29-34-13-9-10-18-41(34)46(45)36-25-27-39(28-26-36)49-51-47(37-14-5-3-6-15-37)50-48(52-49)38-16-7-4-8-17-38;49-31-32-12-11-18-38(30-32)39-28-29-43(42-21-10-9-20-41(39)42)44-27-26-33-13-7-8-19-40(33)45(44)34-22-24-37(25-23-34)48-51-46(35-14-3-1-4-15-35)50-47(52-48)36-16-5-2-6-17-36;43-27-33-16-9-19-36-34(33)18-10-20-37(36)38-26-25-28-11-7-8-17-35(28)39(38)29-21-23-32(24-22-29)42-45-40(30-12-3-1-4-13-30)44-41(46-42)31-14-5-2-6-15-31/h1,3-32H;1-30H;1-26H. The van der Waals surface area contributed by atoms with Crippen LogP contribution in [0, 0.1) is 35.0 Å². The molecule has 3 aromatic heterocycles. The third kappa shape index (κ3) is 18.5. The van der Waals surface area contributed by atoms with Crippen LogP contribution in [0.2, 0.25) is 0 Å². The van der Waals surface area contributed by atoms with Gasteiger partial charge in [-0.2, -0.15) is 10.5 Å². The van der Waals surface area contributed by atoms with E-state index in [0.717, 1.165) is 138 Å². The van der Waals surface area contributed by atoms with Crippen LogP contribution in [0.15, 0.2) is 522 Å². The van der Waals surface area contributed by atoms with E-state index in [1.165, 1.54) is 70.9 Å². The Labute approximate surface area is 868 Å². The van der Waals surface area contributed by atoms with Crippen LogP contribution in [0.5, 0.6) is 0 Å². The van der Waals surface area contributed by atoms with Gasteiger partial charge in [-0.3, -0.25) is 0 Å². The molecule has 698 valence electrons. The predicted molar refractivity (Wildman–Crippen MR) is 614 cm³/mol. The Morgan fingerprint density at radius 3 is 0.693 bits per heavy atom. The lowest BCUT2D eigenvalue weighted by Gasteiger charge is -2.18. The van der Waals surface area contributed by atoms with E-state index in [1.54, 1.807) is 0 Å². The molecule has 11 nitrogen and oxygen atoms in total. The number of nitrogens with zero attached hydrogens (tertiary/aromatic N) is 11. The zero-order valence-electron chi connectivity index (χ0n) is 81.1. The maximum atomic E-state index is 9.79. The molecule has 3 heterocycles. The van der Waals surface area contributed by atoms with Gasteiger partial charge in [0.15, 0.2) is 52.4 Å². The van der Waals surface area contributed by atoms with Crippen LogP contribution in [0.1, 0.15) is 16.7 Å². The third-order valence-electron chi connectivity index (χ3n) is 27.6. The zero-order valence-corrected chi connectivity index (χ0v) is 81.1. The van der Waals surface area contributed by atoms with Crippen molar-refractivity contribution in [1.82, 2.24) is 44.9 Å². The van der Waals surface area contributed by atoms with Gasteiger partial charge in [-0.1, -0.05) is 497 Å². The van der Waals surface area contributed by atoms with E-state index in [0.29, 0.717) is 63.5 Å². The highest BCUT2D eigenvalue weighted by atomic mass is 15.1. The summed E-state index contributed by atoms with van der Waals surface area (Å²) in [6.07, 6.45) is 5.65. The fourth-order valence-corrected chi connectivity index (χ4v) is 20.3. The molecule has 0 aliphatic heterocycles.